The van der Waals surface area contributed by atoms with E-state index in [1.807, 2.05) is 0 Å². The number of aryl methyl sites for hydroxylation is 1. The van der Waals surface area contributed by atoms with Crippen LogP contribution in [0.25, 0.3) is 0 Å². The molecule has 3 rings (SSSR count). The number of carbonyl (C=O) groups excluding carboxylic acids is 1. The molecule has 8 heteroatoms. The predicted octanol–water partition coefficient (Wildman–Crippen LogP) is 1.56. The molecule has 0 bridgehead atoms. The van der Waals surface area contributed by atoms with E-state index in [1.165, 1.54) is 25.6 Å². The number of hydrogen-bond acceptors (Lipinski definition) is 4. The van der Waals surface area contributed by atoms with Gasteiger partial charge in [0.2, 0.25) is 0 Å². The van der Waals surface area contributed by atoms with Crippen LogP contribution in [-0.4, -0.2) is 33.9 Å². The molecule has 0 spiro atoms. The summed E-state index contributed by atoms with van der Waals surface area (Å²) < 4.78 is 20.6. The fourth-order valence-corrected chi connectivity index (χ4v) is 2.49. The van der Waals surface area contributed by atoms with Crippen LogP contribution in [0.1, 0.15) is 12.2 Å². The molecule has 0 saturated carbocycles. The van der Waals surface area contributed by atoms with E-state index in [-0.39, 0.29) is 17.5 Å². The Hall–Kier alpha value is -2.64. The van der Waals surface area contributed by atoms with Crippen molar-refractivity contribution >= 4 is 11.7 Å². The molecule has 2 amide bonds. The third-order valence-electron chi connectivity index (χ3n) is 3.57. The molecule has 1 aromatic carbocycles. The molecule has 22 heavy (non-hydrogen) atoms. The Bertz CT molecular complexity index is 688. The SMILES string of the molecule is COc1cccc(F)c1NC(=O)N[C@H]1CCc2ncnn2C1. The van der Waals surface area contributed by atoms with E-state index in [4.69, 9.17) is 4.74 Å². The molecule has 1 aliphatic heterocycles. The van der Waals surface area contributed by atoms with Crippen LogP contribution in [0.4, 0.5) is 14.9 Å². The minimum absolute atomic E-state index is 0.0276. The molecule has 116 valence electrons. The van der Waals surface area contributed by atoms with Crippen molar-refractivity contribution in [3.63, 3.8) is 0 Å². The summed E-state index contributed by atoms with van der Waals surface area (Å²) in [6, 6.07) is 3.82. The molecule has 0 fully saturated rings. The number of rotatable bonds is 3. The molecule has 1 aliphatic rings. The molecule has 1 atom stereocenters. The van der Waals surface area contributed by atoms with E-state index in [9.17, 15) is 9.18 Å². The van der Waals surface area contributed by atoms with E-state index in [1.54, 1.807) is 10.7 Å². The van der Waals surface area contributed by atoms with E-state index in [0.717, 1.165) is 18.7 Å². The van der Waals surface area contributed by atoms with Crippen LogP contribution in [0.15, 0.2) is 24.5 Å². The number of urea groups is 1. The number of ether oxygens (including phenoxy) is 1. The lowest BCUT2D eigenvalue weighted by molar-refractivity contribution is 0.243. The number of carbonyl (C=O) groups is 1. The summed E-state index contributed by atoms with van der Waals surface area (Å²) in [6.07, 6.45) is 3.01. The summed E-state index contributed by atoms with van der Waals surface area (Å²) in [5, 5.41) is 9.41. The molecule has 1 aromatic heterocycles. The van der Waals surface area contributed by atoms with Gasteiger partial charge in [-0.3, -0.25) is 0 Å². The van der Waals surface area contributed by atoms with Gasteiger partial charge in [-0.2, -0.15) is 5.10 Å². The first kappa shape index (κ1) is 14.3. The highest BCUT2D eigenvalue weighted by atomic mass is 19.1. The molecule has 7 nitrogen and oxygen atoms in total. The van der Waals surface area contributed by atoms with Crippen LogP contribution in [0.5, 0.6) is 5.75 Å². The number of hydrogen-bond donors (Lipinski definition) is 2. The van der Waals surface area contributed by atoms with Crippen molar-refractivity contribution in [3.05, 3.63) is 36.2 Å². The first-order valence-corrected chi connectivity index (χ1v) is 6.94. The zero-order chi connectivity index (χ0) is 15.5. The number of aromatic nitrogens is 3. The first-order chi connectivity index (χ1) is 10.7. The van der Waals surface area contributed by atoms with E-state index < -0.39 is 11.8 Å². The molecule has 2 N–H and O–H groups in total. The second-order valence-corrected chi connectivity index (χ2v) is 5.01. The van der Waals surface area contributed by atoms with E-state index >= 15 is 0 Å². The molecule has 2 aromatic rings. The highest BCUT2D eigenvalue weighted by molar-refractivity contribution is 5.91. The van der Waals surface area contributed by atoms with Crippen LogP contribution in [0.2, 0.25) is 0 Å². The summed E-state index contributed by atoms with van der Waals surface area (Å²) in [4.78, 5) is 16.2. The topological polar surface area (TPSA) is 81.1 Å². The number of para-hydroxylation sites is 1. The Morgan fingerprint density at radius 2 is 2.36 bits per heavy atom. The number of halogens is 1. The van der Waals surface area contributed by atoms with Crippen molar-refractivity contribution in [1.82, 2.24) is 20.1 Å². The maximum absolute atomic E-state index is 13.8. The zero-order valence-electron chi connectivity index (χ0n) is 12.0. The number of methoxy groups -OCH3 is 1. The highest BCUT2D eigenvalue weighted by Crippen LogP contribution is 2.26. The average molecular weight is 305 g/mol. The van der Waals surface area contributed by atoms with Crippen molar-refractivity contribution < 1.29 is 13.9 Å². The van der Waals surface area contributed by atoms with E-state index in [2.05, 4.69) is 20.7 Å². The minimum Gasteiger partial charge on any atom is -0.494 e. The lowest BCUT2D eigenvalue weighted by atomic mass is 10.1. The highest BCUT2D eigenvalue weighted by Gasteiger charge is 2.22. The molecule has 0 saturated heterocycles. The average Bonchev–Trinajstić information content (AvgIpc) is 2.97. The molecule has 2 heterocycles. The number of nitrogens with zero attached hydrogens (tertiary/aromatic N) is 3. The van der Waals surface area contributed by atoms with Gasteiger partial charge in [0.25, 0.3) is 0 Å². The number of anilines is 1. The predicted molar refractivity (Wildman–Crippen MR) is 77.2 cm³/mol. The fourth-order valence-electron chi connectivity index (χ4n) is 2.49. The van der Waals surface area contributed by atoms with Crippen LogP contribution >= 0.6 is 0 Å². The largest absolute Gasteiger partial charge is 0.494 e. The maximum atomic E-state index is 13.8. The lowest BCUT2D eigenvalue weighted by Gasteiger charge is -2.23. The summed E-state index contributed by atoms with van der Waals surface area (Å²) in [5.74, 6) is 0.642. The maximum Gasteiger partial charge on any atom is 0.319 e. The van der Waals surface area contributed by atoms with Crippen molar-refractivity contribution in [3.8, 4) is 5.75 Å². The van der Waals surface area contributed by atoms with Crippen LogP contribution in [0, 0.1) is 5.82 Å². The lowest BCUT2D eigenvalue weighted by Crippen LogP contribution is -2.43. The number of fused-ring (bicyclic) bond motifs is 1. The Kier molecular flexibility index (Phi) is 3.90. The van der Waals surface area contributed by atoms with Gasteiger partial charge in [-0.15, -0.1) is 0 Å². The first-order valence-electron chi connectivity index (χ1n) is 6.94. The Morgan fingerprint density at radius 3 is 3.18 bits per heavy atom. The van der Waals surface area contributed by atoms with Gasteiger partial charge >= 0.3 is 6.03 Å². The van der Waals surface area contributed by atoms with Crippen molar-refractivity contribution in [2.75, 3.05) is 12.4 Å². The summed E-state index contributed by atoms with van der Waals surface area (Å²) >= 11 is 0. The quantitative estimate of drug-likeness (QED) is 0.902. The van der Waals surface area contributed by atoms with Crippen LogP contribution in [0.3, 0.4) is 0 Å². The molecular formula is C14H16FN5O2. The Balaban J connectivity index is 1.64. The van der Waals surface area contributed by atoms with Gasteiger partial charge in [-0.25, -0.2) is 18.9 Å². The number of benzene rings is 1. The summed E-state index contributed by atoms with van der Waals surface area (Å²) in [5.41, 5.74) is 0.0276. The standard InChI is InChI=1S/C14H16FN5O2/c1-22-11-4-2-3-10(15)13(11)19-14(21)18-9-5-6-12-16-8-17-20(12)7-9/h2-4,8-9H,5-7H2,1H3,(H2,18,19,21)/t9-/m0/s1. The third-order valence-corrected chi connectivity index (χ3v) is 3.57. The van der Waals surface area contributed by atoms with Crippen LogP contribution in [-0.2, 0) is 13.0 Å². The second kappa shape index (κ2) is 6.00. The molecule has 0 radical (unpaired) electrons. The van der Waals surface area contributed by atoms with Gasteiger partial charge in [0.1, 0.15) is 23.6 Å². The Morgan fingerprint density at radius 1 is 1.50 bits per heavy atom. The second-order valence-electron chi connectivity index (χ2n) is 5.01. The smallest absolute Gasteiger partial charge is 0.319 e. The Labute approximate surface area is 126 Å². The number of nitrogens with one attached hydrogen (secondary N) is 2. The fraction of sp³-hybridized carbons (Fsp3) is 0.357. The van der Waals surface area contributed by atoms with E-state index in [0.29, 0.717) is 6.54 Å². The molecular weight excluding hydrogens is 289 g/mol. The van der Waals surface area contributed by atoms with Crippen molar-refractivity contribution in [2.24, 2.45) is 0 Å². The van der Waals surface area contributed by atoms with Crippen molar-refractivity contribution in [2.45, 2.75) is 25.4 Å². The summed E-state index contributed by atoms with van der Waals surface area (Å²) in [6.45, 7) is 0.553. The zero-order valence-corrected chi connectivity index (χ0v) is 12.0. The molecule has 0 aliphatic carbocycles. The van der Waals surface area contributed by atoms with Crippen molar-refractivity contribution in [1.29, 1.82) is 0 Å². The van der Waals surface area contributed by atoms with Gasteiger partial charge in [0, 0.05) is 6.42 Å². The normalized spacial score (nSPS) is 16.7. The van der Waals surface area contributed by atoms with Gasteiger partial charge in [0.05, 0.1) is 19.7 Å². The minimum atomic E-state index is -0.545. The monoisotopic (exact) mass is 305 g/mol. The van der Waals surface area contributed by atoms with Crippen LogP contribution < -0.4 is 15.4 Å². The third kappa shape index (κ3) is 2.85. The molecule has 0 unspecified atom stereocenters. The van der Waals surface area contributed by atoms with Gasteiger partial charge < -0.3 is 15.4 Å². The van der Waals surface area contributed by atoms with Gasteiger partial charge in [0.15, 0.2) is 5.82 Å². The summed E-state index contributed by atoms with van der Waals surface area (Å²) in [7, 11) is 1.42. The number of amides is 2. The van der Waals surface area contributed by atoms with Gasteiger partial charge in [-0.1, -0.05) is 6.07 Å². The van der Waals surface area contributed by atoms with Gasteiger partial charge in [-0.05, 0) is 18.6 Å².